The second-order valence-corrected chi connectivity index (χ2v) is 4.69. The number of aliphatic carboxylic acids is 1. The maximum absolute atomic E-state index is 12.1. The molecule has 0 saturated heterocycles. The van der Waals surface area contributed by atoms with Crippen molar-refractivity contribution in [3.05, 3.63) is 29.8 Å². The number of nitrogens with one attached hydrogen (secondary N) is 1. The molecule has 1 amide bonds. The molecular weight excluding hydrogens is 246 g/mol. The fourth-order valence-corrected chi connectivity index (χ4v) is 2.44. The van der Waals surface area contributed by atoms with Gasteiger partial charge in [0.1, 0.15) is 5.75 Å². The van der Waals surface area contributed by atoms with Gasteiger partial charge in [-0.05, 0) is 31.0 Å². The van der Waals surface area contributed by atoms with Gasteiger partial charge in [-0.2, -0.15) is 0 Å². The molecule has 0 aromatic heterocycles. The first kappa shape index (κ1) is 13.4. The van der Waals surface area contributed by atoms with Gasteiger partial charge in [0.2, 0.25) is 0 Å². The quantitative estimate of drug-likeness (QED) is 0.866. The van der Waals surface area contributed by atoms with Crippen molar-refractivity contribution in [3.63, 3.8) is 0 Å². The Balaban J connectivity index is 2.06. The fourth-order valence-electron chi connectivity index (χ4n) is 2.44. The zero-order valence-electron chi connectivity index (χ0n) is 10.8. The first-order valence-electron chi connectivity index (χ1n) is 6.29. The molecule has 2 N–H and O–H groups in total. The SMILES string of the molecule is COc1cccc(C(=O)N[C@@H]2CCC[C@@H]2C(=O)O)c1. The van der Waals surface area contributed by atoms with Gasteiger partial charge in [-0.1, -0.05) is 12.5 Å². The molecule has 1 aliphatic rings. The van der Waals surface area contributed by atoms with Gasteiger partial charge in [0.25, 0.3) is 5.91 Å². The van der Waals surface area contributed by atoms with E-state index >= 15 is 0 Å². The van der Waals surface area contributed by atoms with E-state index in [1.807, 2.05) is 0 Å². The summed E-state index contributed by atoms with van der Waals surface area (Å²) in [6, 6.07) is 6.53. The van der Waals surface area contributed by atoms with Crippen LogP contribution in [0.4, 0.5) is 0 Å². The first-order valence-corrected chi connectivity index (χ1v) is 6.29. The average molecular weight is 263 g/mol. The minimum absolute atomic E-state index is 0.253. The van der Waals surface area contributed by atoms with E-state index < -0.39 is 11.9 Å². The van der Waals surface area contributed by atoms with Crippen molar-refractivity contribution in [1.82, 2.24) is 5.32 Å². The predicted octanol–water partition coefficient (Wildman–Crippen LogP) is 1.68. The van der Waals surface area contributed by atoms with E-state index in [9.17, 15) is 9.59 Å². The van der Waals surface area contributed by atoms with Gasteiger partial charge in [0.15, 0.2) is 0 Å². The van der Waals surface area contributed by atoms with Crippen LogP contribution in [0.15, 0.2) is 24.3 Å². The Morgan fingerprint density at radius 2 is 2.16 bits per heavy atom. The zero-order valence-corrected chi connectivity index (χ0v) is 10.8. The maximum atomic E-state index is 12.1. The third-order valence-corrected chi connectivity index (χ3v) is 3.48. The largest absolute Gasteiger partial charge is 0.497 e. The molecule has 0 heterocycles. The summed E-state index contributed by atoms with van der Waals surface area (Å²) in [7, 11) is 1.54. The van der Waals surface area contributed by atoms with Crippen molar-refractivity contribution >= 4 is 11.9 Å². The normalized spacial score (nSPS) is 21.9. The van der Waals surface area contributed by atoms with Gasteiger partial charge < -0.3 is 15.2 Å². The number of methoxy groups -OCH3 is 1. The van der Waals surface area contributed by atoms with E-state index in [0.717, 1.165) is 6.42 Å². The summed E-state index contributed by atoms with van der Waals surface area (Å²) < 4.78 is 5.06. The molecule has 1 aromatic carbocycles. The van der Waals surface area contributed by atoms with Crippen LogP contribution < -0.4 is 10.1 Å². The highest BCUT2D eigenvalue weighted by Crippen LogP contribution is 2.26. The van der Waals surface area contributed by atoms with Crippen molar-refractivity contribution in [3.8, 4) is 5.75 Å². The van der Waals surface area contributed by atoms with E-state index in [1.165, 1.54) is 7.11 Å². The Hall–Kier alpha value is -2.04. The lowest BCUT2D eigenvalue weighted by Crippen LogP contribution is -2.40. The zero-order chi connectivity index (χ0) is 13.8. The van der Waals surface area contributed by atoms with Crippen molar-refractivity contribution in [2.75, 3.05) is 7.11 Å². The molecule has 102 valence electrons. The molecule has 0 bridgehead atoms. The minimum atomic E-state index is -0.839. The number of amides is 1. The smallest absolute Gasteiger partial charge is 0.308 e. The average Bonchev–Trinajstić information content (AvgIpc) is 2.87. The van der Waals surface area contributed by atoms with Crippen LogP contribution in [0.2, 0.25) is 0 Å². The van der Waals surface area contributed by atoms with Crippen LogP contribution in [0.5, 0.6) is 5.75 Å². The molecular formula is C14H17NO4. The Bertz CT molecular complexity index is 486. The van der Waals surface area contributed by atoms with Crippen LogP contribution in [0.25, 0.3) is 0 Å². The lowest BCUT2D eigenvalue weighted by Gasteiger charge is -2.17. The predicted molar refractivity (Wildman–Crippen MR) is 69.2 cm³/mol. The molecule has 1 aliphatic carbocycles. The van der Waals surface area contributed by atoms with E-state index in [4.69, 9.17) is 9.84 Å². The number of carbonyl (C=O) groups excluding carboxylic acids is 1. The highest BCUT2D eigenvalue weighted by atomic mass is 16.5. The van der Waals surface area contributed by atoms with E-state index in [0.29, 0.717) is 24.2 Å². The van der Waals surface area contributed by atoms with Crippen molar-refractivity contribution in [1.29, 1.82) is 0 Å². The number of ether oxygens (including phenoxy) is 1. The van der Waals surface area contributed by atoms with Crippen LogP contribution in [0, 0.1) is 5.92 Å². The van der Waals surface area contributed by atoms with Gasteiger partial charge in [-0.15, -0.1) is 0 Å². The molecule has 2 rings (SSSR count). The van der Waals surface area contributed by atoms with Crippen molar-refractivity contribution < 1.29 is 19.4 Å². The van der Waals surface area contributed by atoms with Crippen LogP contribution in [-0.4, -0.2) is 30.1 Å². The Morgan fingerprint density at radius 1 is 1.37 bits per heavy atom. The molecule has 0 unspecified atom stereocenters. The van der Waals surface area contributed by atoms with Gasteiger partial charge in [0, 0.05) is 11.6 Å². The highest BCUT2D eigenvalue weighted by molar-refractivity contribution is 5.95. The summed E-state index contributed by atoms with van der Waals surface area (Å²) in [4.78, 5) is 23.1. The number of rotatable bonds is 4. The Labute approximate surface area is 111 Å². The van der Waals surface area contributed by atoms with Crippen LogP contribution in [-0.2, 0) is 4.79 Å². The molecule has 0 radical (unpaired) electrons. The summed E-state index contributed by atoms with van der Waals surface area (Å²) in [5.41, 5.74) is 0.482. The molecule has 1 fully saturated rings. The minimum Gasteiger partial charge on any atom is -0.497 e. The standard InChI is InChI=1S/C14H17NO4/c1-19-10-5-2-4-9(8-10)13(16)15-12-7-3-6-11(12)14(17)18/h2,4-5,8,11-12H,3,6-7H2,1H3,(H,15,16)(H,17,18)/t11-,12+/m0/s1. The van der Waals surface area contributed by atoms with E-state index in [1.54, 1.807) is 24.3 Å². The number of hydrogen-bond donors (Lipinski definition) is 2. The summed E-state index contributed by atoms with van der Waals surface area (Å²) in [5, 5.41) is 11.9. The second kappa shape index (κ2) is 5.73. The maximum Gasteiger partial charge on any atom is 0.308 e. The number of carboxylic acid groups (broad SMARTS) is 1. The molecule has 5 heteroatoms. The van der Waals surface area contributed by atoms with Gasteiger partial charge in [-0.25, -0.2) is 0 Å². The summed E-state index contributed by atoms with van der Waals surface area (Å²) >= 11 is 0. The van der Waals surface area contributed by atoms with Crippen molar-refractivity contribution in [2.24, 2.45) is 5.92 Å². The number of carboxylic acids is 1. The van der Waals surface area contributed by atoms with E-state index in [2.05, 4.69) is 5.32 Å². The topological polar surface area (TPSA) is 75.6 Å². The summed E-state index contributed by atoms with van der Waals surface area (Å²) in [5.74, 6) is -0.964. The molecule has 5 nitrogen and oxygen atoms in total. The third kappa shape index (κ3) is 3.05. The van der Waals surface area contributed by atoms with Gasteiger partial charge >= 0.3 is 5.97 Å². The summed E-state index contributed by atoms with van der Waals surface area (Å²) in [6.45, 7) is 0. The molecule has 0 spiro atoms. The van der Waals surface area contributed by atoms with Crippen LogP contribution in [0.1, 0.15) is 29.6 Å². The molecule has 0 aliphatic heterocycles. The van der Waals surface area contributed by atoms with Gasteiger partial charge in [-0.3, -0.25) is 9.59 Å². The Kier molecular flexibility index (Phi) is 4.04. The van der Waals surface area contributed by atoms with E-state index in [-0.39, 0.29) is 11.9 Å². The van der Waals surface area contributed by atoms with Crippen LogP contribution >= 0.6 is 0 Å². The molecule has 19 heavy (non-hydrogen) atoms. The first-order chi connectivity index (χ1) is 9.11. The van der Waals surface area contributed by atoms with Crippen molar-refractivity contribution in [2.45, 2.75) is 25.3 Å². The highest BCUT2D eigenvalue weighted by Gasteiger charge is 2.33. The lowest BCUT2D eigenvalue weighted by atomic mass is 10.0. The lowest BCUT2D eigenvalue weighted by molar-refractivity contribution is -0.142. The van der Waals surface area contributed by atoms with Crippen LogP contribution in [0.3, 0.4) is 0 Å². The number of carbonyl (C=O) groups is 2. The second-order valence-electron chi connectivity index (χ2n) is 4.69. The monoisotopic (exact) mass is 263 g/mol. The molecule has 1 saturated carbocycles. The number of benzene rings is 1. The summed E-state index contributed by atoms with van der Waals surface area (Å²) in [6.07, 6.45) is 2.17. The Morgan fingerprint density at radius 3 is 2.84 bits per heavy atom. The third-order valence-electron chi connectivity index (χ3n) is 3.48. The number of hydrogen-bond acceptors (Lipinski definition) is 3. The molecule has 1 aromatic rings. The molecule has 2 atom stereocenters. The van der Waals surface area contributed by atoms with Gasteiger partial charge in [0.05, 0.1) is 13.0 Å². The fraction of sp³-hybridized carbons (Fsp3) is 0.429.